The first kappa shape index (κ1) is 11.0. The molecule has 1 rings (SSSR count). The highest BCUT2D eigenvalue weighted by Crippen LogP contribution is 2.27. The molecule has 78 valence electrons. The van der Waals surface area contributed by atoms with Gasteiger partial charge in [0.25, 0.3) is 0 Å². The first-order chi connectivity index (χ1) is 5.97. The van der Waals surface area contributed by atoms with Crippen LogP contribution in [0.15, 0.2) is 0 Å². The van der Waals surface area contributed by atoms with Crippen LogP contribution in [0.25, 0.3) is 0 Å². The number of aliphatic hydroxyl groups excluding tert-OH is 1. The molecule has 0 bridgehead atoms. The molecule has 0 aliphatic carbocycles. The van der Waals surface area contributed by atoms with Crippen molar-refractivity contribution < 1.29 is 10.2 Å². The Kier molecular flexibility index (Phi) is 3.33. The predicted molar refractivity (Wildman–Crippen MR) is 52.5 cm³/mol. The largest absolute Gasteiger partial charge is 0.396 e. The topological polar surface area (TPSA) is 43.7 Å². The average molecular weight is 187 g/mol. The van der Waals surface area contributed by atoms with Crippen LogP contribution in [0.2, 0.25) is 0 Å². The lowest BCUT2D eigenvalue weighted by Crippen LogP contribution is -2.54. The molecule has 1 heterocycles. The van der Waals surface area contributed by atoms with Gasteiger partial charge in [0, 0.05) is 25.1 Å². The highest BCUT2D eigenvalue weighted by molar-refractivity contribution is 4.90. The second kappa shape index (κ2) is 3.95. The van der Waals surface area contributed by atoms with Crippen LogP contribution in [0.1, 0.15) is 27.2 Å². The van der Waals surface area contributed by atoms with Crippen molar-refractivity contribution in [2.75, 3.05) is 19.7 Å². The van der Waals surface area contributed by atoms with Gasteiger partial charge in [0.1, 0.15) is 0 Å². The van der Waals surface area contributed by atoms with Gasteiger partial charge in [-0.05, 0) is 33.7 Å². The van der Waals surface area contributed by atoms with Crippen molar-refractivity contribution in [1.29, 1.82) is 0 Å². The number of nitrogens with zero attached hydrogens (tertiary/aromatic N) is 1. The lowest BCUT2D eigenvalue weighted by Gasteiger charge is -2.44. The summed E-state index contributed by atoms with van der Waals surface area (Å²) in [5, 5.41) is 19.1. The molecule has 0 amide bonds. The zero-order valence-electron chi connectivity index (χ0n) is 8.82. The minimum Gasteiger partial charge on any atom is -0.396 e. The summed E-state index contributed by atoms with van der Waals surface area (Å²) in [5.74, 6) is 0.0440. The van der Waals surface area contributed by atoms with Gasteiger partial charge in [-0.2, -0.15) is 0 Å². The third kappa shape index (κ3) is 2.42. The molecule has 1 aliphatic heterocycles. The number of β-amino-alcohol motifs (C(OH)–C–C–N with tert-alkyl or cyclic N) is 1. The second-order valence-electron chi connectivity index (χ2n) is 4.59. The summed E-state index contributed by atoms with van der Waals surface area (Å²) in [4.78, 5) is 2.26. The van der Waals surface area contributed by atoms with E-state index in [2.05, 4.69) is 18.7 Å². The van der Waals surface area contributed by atoms with E-state index < -0.39 is 5.60 Å². The van der Waals surface area contributed by atoms with Gasteiger partial charge in [0.2, 0.25) is 0 Å². The number of hydrogen-bond donors (Lipinski definition) is 2. The van der Waals surface area contributed by atoms with Crippen LogP contribution in [0.4, 0.5) is 0 Å². The third-order valence-corrected chi connectivity index (χ3v) is 3.12. The number of piperidine rings is 1. The minimum absolute atomic E-state index is 0.0440. The Morgan fingerprint density at radius 3 is 2.54 bits per heavy atom. The van der Waals surface area contributed by atoms with E-state index in [0.717, 1.165) is 13.0 Å². The molecule has 3 heteroatoms. The van der Waals surface area contributed by atoms with Gasteiger partial charge in [-0.25, -0.2) is 0 Å². The number of aliphatic hydroxyl groups is 2. The molecule has 2 unspecified atom stereocenters. The van der Waals surface area contributed by atoms with Crippen molar-refractivity contribution >= 4 is 0 Å². The molecule has 2 atom stereocenters. The van der Waals surface area contributed by atoms with Crippen LogP contribution in [0.5, 0.6) is 0 Å². The molecule has 0 aromatic heterocycles. The van der Waals surface area contributed by atoms with Crippen molar-refractivity contribution in [3.05, 3.63) is 0 Å². The summed E-state index contributed by atoms with van der Waals surface area (Å²) in [6, 6.07) is 0.478. The van der Waals surface area contributed by atoms with Crippen LogP contribution in [-0.4, -0.2) is 46.5 Å². The summed E-state index contributed by atoms with van der Waals surface area (Å²) in [6.45, 7) is 7.85. The van der Waals surface area contributed by atoms with E-state index in [0.29, 0.717) is 12.6 Å². The molecule has 0 radical (unpaired) electrons. The molecule has 3 nitrogen and oxygen atoms in total. The quantitative estimate of drug-likeness (QED) is 0.660. The summed E-state index contributed by atoms with van der Waals surface area (Å²) in [6.07, 6.45) is 0.891. The van der Waals surface area contributed by atoms with Crippen molar-refractivity contribution in [2.45, 2.75) is 38.8 Å². The highest BCUT2D eigenvalue weighted by Gasteiger charge is 2.37. The Labute approximate surface area is 80.4 Å². The smallest absolute Gasteiger partial charge is 0.0796 e. The van der Waals surface area contributed by atoms with Gasteiger partial charge in [0.05, 0.1) is 5.60 Å². The maximum absolute atomic E-state index is 10.1. The van der Waals surface area contributed by atoms with Crippen molar-refractivity contribution in [2.24, 2.45) is 5.92 Å². The van der Waals surface area contributed by atoms with Crippen molar-refractivity contribution in [3.63, 3.8) is 0 Å². The number of rotatable bonds is 2. The molecule has 1 aliphatic rings. The fraction of sp³-hybridized carbons (Fsp3) is 1.00. The van der Waals surface area contributed by atoms with E-state index >= 15 is 0 Å². The molecule has 1 fully saturated rings. The Morgan fingerprint density at radius 1 is 1.54 bits per heavy atom. The maximum Gasteiger partial charge on any atom is 0.0796 e. The van der Waals surface area contributed by atoms with E-state index in [4.69, 9.17) is 5.11 Å². The van der Waals surface area contributed by atoms with E-state index in [9.17, 15) is 5.11 Å². The Morgan fingerprint density at radius 2 is 2.15 bits per heavy atom. The lowest BCUT2D eigenvalue weighted by molar-refractivity contribution is -0.0859. The van der Waals surface area contributed by atoms with Gasteiger partial charge < -0.3 is 10.2 Å². The summed E-state index contributed by atoms with van der Waals surface area (Å²) in [5.41, 5.74) is -0.725. The second-order valence-corrected chi connectivity index (χ2v) is 4.59. The predicted octanol–water partition coefficient (Wildman–Crippen LogP) is 0.460. The van der Waals surface area contributed by atoms with E-state index in [-0.39, 0.29) is 12.5 Å². The van der Waals surface area contributed by atoms with E-state index in [1.807, 2.05) is 6.92 Å². The molecule has 0 spiro atoms. The average Bonchev–Trinajstić information content (AvgIpc) is 2.02. The Balaban J connectivity index is 2.59. The SMILES string of the molecule is CC(C)N1CCC(CO)C(C)(O)C1. The van der Waals surface area contributed by atoms with E-state index in [1.165, 1.54) is 0 Å². The molecule has 0 aromatic carbocycles. The van der Waals surface area contributed by atoms with Crippen LogP contribution < -0.4 is 0 Å². The zero-order valence-corrected chi connectivity index (χ0v) is 8.82. The number of likely N-dealkylation sites (tertiary alicyclic amines) is 1. The zero-order chi connectivity index (χ0) is 10.1. The lowest BCUT2D eigenvalue weighted by atomic mass is 9.83. The van der Waals surface area contributed by atoms with Gasteiger partial charge in [-0.1, -0.05) is 0 Å². The van der Waals surface area contributed by atoms with Crippen molar-refractivity contribution in [1.82, 2.24) is 4.90 Å². The van der Waals surface area contributed by atoms with Gasteiger partial charge in [-0.3, -0.25) is 4.90 Å². The van der Waals surface area contributed by atoms with Gasteiger partial charge >= 0.3 is 0 Å². The van der Waals surface area contributed by atoms with Gasteiger partial charge in [0.15, 0.2) is 0 Å². The van der Waals surface area contributed by atoms with E-state index in [1.54, 1.807) is 0 Å². The molecule has 1 saturated heterocycles. The monoisotopic (exact) mass is 187 g/mol. The molecule has 0 aromatic rings. The standard InChI is InChI=1S/C10H21NO2/c1-8(2)11-5-4-9(6-12)10(3,13)7-11/h8-9,12-13H,4-7H2,1-3H3. The van der Waals surface area contributed by atoms with Crippen LogP contribution >= 0.6 is 0 Å². The minimum atomic E-state index is -0.725. The van der Waals surface area contributed by atoms with Crippen molar-refractivity contribution in [3.8, 4) is 0 Å². The number of hydrogen-bond acceptors (Lipinski definition) is 3. The molecule has 2 N–H and O–H groups in total. The molecular weight excluding hydrogens is 166 g/mol. The highest BCUT2D eigenvalue weighted by atomic mass is 16.3. The third-order valence-electron chi connectivity index (χ3n) is 3.12. The van der Waals surface area contributed by atoms with Crippen LogP contribution in [0, 0.1) is 5.92 Å². The normalized spacial score (nSPS) is 36.9. The summed E-state index contributed by atoms with van der Waals surface area (Å²) < 4.78 is 0. The van der Waals surface area contributed by atoms with Gasteiger partial charge in [-0.15, -0.1) is 0 Å². The fourth-order valence-corrected chi connectivity index (χ4v) is 1.98. The fourth-order valence-electron chi connectivity index (χ4n) is 1.98. The molecule has 0 saturated carbocycles. The summed E-state index contributed by atoms with van der Waals surface area (Å²) >= 11 is 0. The molecule has 13 heavy (non-hydrogen) atoms. The van der Waals surface area contributed by atoms with Crippen LogP contribution in [0.3, 0.4) is 0 Å². The first-order valence-corrected chi connectivity index (χ1v) is 5.04. The Hall–Kier alpha value is -0.120. The van der Waals surface area contributed by atoms with Crippen LogP contribution in [-0.2, 0) is 0 Å². The molecular formula is C10H21NO2. The first-order valence-electron chi connectivity index (χ1n) is 5.04. The Bertz CT molecular complexity index is 168. The summed E-state index contributed by atoms with van der Waals surface area (Å²) in [7, 11) is 0. The maximum atomic E-state index is 10.1.